The zero-order valence-electron chi connectivity index (χ0n) is 12.1. The third-order valence-corrected chi connectivity index (χ3v) is 3.83. The van der Waals surface area contributed by atoms with Crippen LogP contribution in [0.2, 0.25) is 0 Å². The van der Waals surface area contributed by atoms with Crippen molar-refractivity contribution >= 4 is 27.8 Å². The lowest BCUT2D eigenvalue weighted by Crippen LogP contribution is -1.97. The minimum absolute atomic E-state index is 0.764. The van der Waals surface area contributed by atoms with E-state index in [-0.39, 0.29) is 0 Å². The Morgan fingerprint density at radius 2 is 1.77 bits per heavy atom. The molecule has 0 radical (unpaired) electrons. The molecule has 0 aliphatic heterocycles. The average Bonchev–Trinajstić information content (AvgIpc) is 3.02. The summed E-state index contributed by atoms with van der Waals surface area (Å²) in [6.45, 7) is 0. The highest BCUT2D eigenvalue weighted by atomic mass is 79.9. The number of aliphatic imine (C=N–C) groups is 1. The molecular formula is C18H15BrN2O. The van der Waals surface area contributed by atoms with Crippen molar-refractivity contribution in [3.05, 3.63) is 77.0 Å². The van der Waals surface area contributed by atoms with Crippen LogP contribution in [0.15, 0.2) is 76.3 Å². The number of hydrogen-bond acceptors (Lipinski definition) is 2. The molecule has 0 aliphatic rings. The summed E-state index contributed by atoms with van der Waals surface area (Å²) in [5, 5.41) is 0. The van der Waals surface area contributed by atoms with Crippen LogP contribution >= 0.6 is 15.9 Å². The second kappa shape index (κ2) is 6.62. The summed E-state index contributed by atoms with van der Waals surface area (Å²) in [7, 11) is 1.65. The van der Waals surface area contributed by atoms with E-state index in [0.29, 0.717) is 0 Å². The Kier molecular flexibility index (Phi) is 4.39. The summed E-state index contributed by atoms with van der Waals surface area (Å²) in [4.78, 5) is 4.54. The van der Waals surface area contributed by atoms with Gasteiger partial charge in [0, 0.05) is 16.4 Å². The average molecular weight is 355 g/mol. The van der Waals surface area contributed by atoms with Gasteiger partial charge in [-0.15, -0.1) is 0 Å². The lowest BCUT2D eigenvalue weighted by molar-refractivity contribution is 0.416. The van der Waals surface area contributed by atoms with E-state index in [1.54, 1.807) is 7.11 Å². The van der Waals surface area contributed by atoms with E-state index in [1.165, 1.54) is 0 Å². The third-order valence-electron chi connectivity index (χ3n) is 3.31. The normalized spacial score (nSPS) is 11.0. The molecule has 0 amide bonds. The van der Waals surface area contributed by atoms with Gasteiger partial charge in [-0.3, -0.25) is 4.99 Å². The topological polar surface area (TPSA) is 26.5 Å². The molecule has 0 atom stereocenters. The van der Waals surface area contributed by atoms with Crippen LogP contribution in [0.3, 0.4) is 0 Å². The first-order valence-corrected chi connectivity index (χ1v) is 7.67. The van der Waals surface area contributed by atoms with Crippen LogP contribution < -0.4 is 4.74 Å². The van der Waals surface area contributed by atoms with E-state index < -0.39 is 0 Å². The van der Waals surface area contributed by atoms with Crippen LogP contribution in [-0.4, -0.2) is 17.9 Å². The van der Waals surface area contributed by atoms with E-state index in [2.05, 4.69) is 37.6 Å². The molecule has 0 saturated carbocycles. The van der Waals surface area contributed by atoms with Gasteiger partial charge in [0.1, 0.15) is 11.4 Å². The van der Waals surface area contributed by atoms with Gasteiger partial charge in [0.25, 0.3) is 0 Å². The van der Waals surface area contributed by atoms with Crippen molar-refractivity contribution in [3.8, 4) is 11.4 Å². The summed E-state index contributed by atoms with van der Waals surface area (Å²) in [5.41, 5.74) is 2.91. The Labute approximate surface area is 138 Å². The van der Waals surface area contributed by atoms with Crippen LogP contribution in [-0.2, 0) is 0 Å². The molecule has 3 rings (SSSR count). The molecule has 110 valence electrons. The number of aromatic nitrogens is 1. The van der Waals surface area contributed by atoms with Crippen molar-refractivity contribution in [2.24, 2.45) is 4.99 Å². The van der Waals surface area contributed by atoms with Crippen LogP contribution in [0.1, 0.15) is 5.69 Å². The minimum atomic E-state index is 0.764. The molecule has 0 fully saturated rings. The van der Waals surface area contributed by atoms with Gasteiger partial charge in [-0.2, -0.15) is 0 Å². The molecule has 3 nitrogen and oxygen atoms in total. The molecule has 0 bridgehead atoms. The van der Waals surface area contributed by atoms with Crippen molar-refractivity contribution in [2.45, 2.75) is 0 Å². The van der Waals surface area contributed by atoms with Crippen molar-refractivity contribution in [1.29, 1.82) is 0 Å². The van der Waals surface area contributed by atoms with Gasteiger partial charge in [-0.25, -0.2) is 0 Å². The maximum absolute atomic E-state index is 5.32. The number of ether oxygens (including phenoxy) is 1. The number of rotatable bonds is 4. The van der Waals surface area contributed by atoms with Crippen molar-refractivity contribution in [1.82, 2.24) is 4.57 Å². The second-order valence-corrected chi connectivity index (χ2v) is 5.63. The molecule has 4 heteroatoms. The smallest absolute Gasteiger partial charge is 0.144 e. The van der Waals surface area contributed by atoms with Crippen LogP contribution in [0.4, 0.5) is 5.69 Å². The number of halogens is 1. The SMILES string of the molecule is COc1ccccc1N=Cc1cccn1-c1ccc(Br)cc1. The number of nitrogens with zero attached hydrogens (tertiary/aromatic N) is 2. The molecule has 0 aliphatic carbocycles. The zero-order chi connectivity index (χ0) is 15.4. The highest BCUT2D eigenvalue weighted by Crippen LogP contribution is 2.26. The first-order chi connectivity index (χ1) is 10.8. The largest absolute Gasteiger partial charge is 0.494 e. The molecule has 1 aromatic heterocycles. The summed E-state index contributed by atoms with van der Waals surface area (Å²) in [6, 6.07) is 19.9. The van der Waals surface area contributed by atoms with E-state index in [9.17, 15) is 0 Å². The first-order valence-electron chi connectivity index (χ1n) is 6.88. The summed E-state index contributed by atoms with van der Waals surface area (Å²) in [6.07, 6.45) is 3.87. The molecule has 0 spiro atoms. The summed E-state index contributed by atoms with van der Waals surface area (Å²) in [5.74, 6) is 0.764. The lowest BCUT2D eigenvalue weighted by Gasteiger charge is -2.07. The minimum Gasteiger partial charge on any atom is -0.494 e. The van der Waals surface area contributed by atoms with Crippen LogP contribution in [0.5, 0.6) is 5.75 Å². The Morgan fingerprint density at radius 3 is 2.55 bits per heavy atom. The zero-order valence-corrected chi connectivity index (χ0v) is 13.7. The summed E-state index contributed by atoms with van der Waals surface area (Å²) < 4.78 is 8.47. The van der Waals surface area contributed by atoms with Gasteiger partial charge in [0.15, 0.2) is 0 Å². The van der Waals surface area contributed by atoms with Crippen LogP contribution in [0, 0.1) is 0 Å². The highest BCUT2D eigenvalue weighted by molar-refractivity contribution is 9.10. The van der Waals surface area contributed by atoms with E-state index in [1.807, 2.05) is 60.9 Å². The number of methoxy groups -OCH3 is 1. The standard InChI is InChI=1S/C18H15BrN2O/c1-22-18-7-3-2-6-17(18)20-13-16-5-4-12-21(16)15-10-8-14(19)9-11-15/h2-13H,1H3. The maximum Gasteiger partial charge on any atom is 0.144 e. The molecule has 0 N–H and O–H groups in total. The number of hydrogen-bond donors (Lipinski definition) is 0. The molecular weight excluding hydrogens is 340 g/mol. The molecule has 2 aromatic carbocycles. The maximum atomic E-state index is 5.32. The molecule has 0 unspecified atom stereocenters. The second-order valence-electron chi connectivity index (χ2n) is 4.71. The summed E-state index contributed by atoms with van der Waals surface area (Å²) >= 11 is 3.45. The van der Waals surface area contributed by atoms with E-state index >= 15 is 0 Å². The number of benzene rings is 2. The van der Waals surface area contributed by atoms with Gasteiger partial charge in [-0.05, 0) is 48.5 Å². The first kappa shape index (κ1) is 14.6. The fourth-order valence-corrected chi connectivity index (χ4v) is 2.47. The van der Waals surface area contributed by atoms with Gasteiger partial charge in [0.2, 0.25) is 0 Å². The molecule has 22 heavy (non-hydrogen) atoms. The fourth-order valence-electron chi connectivity index (χ4n) is 2.21. The van der Waals surface area contributed by atoms with Crippen molar-refractivity contribution in [3.63, 3.8) is 0 Å². The Hall–Kier alpha value is -2.33. The van der Waals surface area contributed by atoms with Gasteiger partial charge < -0.3 is 9.30 Å². The van der Waals surface area contributed by atoms with Crippen molar-refractivity contribution in [2.75, 3.05) is 7.11 Å². The number of para-hydroxylation sites is 2. The lowest BCUT2D eigenvalue weighted by atomic mass is 10.3. The van der Waals surface area contributed by atoms with E-state index in [4.69, 9.17) is 4.74 Å². The molecule has 1 heterocycles. The van der Waals surface area contributed by atoms with Crippen LogP contribution in [0.25, 0.3) is 5.69 Å². The highest BCUT2D eigenvalue weighted by Gasteiger charge is 2.02. The fraction of sp³-hybridized carbons (Fsp3) is 0.0556. The Bertz CT molecular complexity index is 791. The predicted molar refractivity (Wildman–Crippen MR) is 93.7 cm³/mol. The predicted octanol–water partition coefficient (Wildman–Crippen LogP) is 5.00. The Morgan fingerprint density at radius 1 is 1.00 bits per heavy atom. The quantitative estimate of drug-likeness (QED) is 0.605. The van der Waals surface area contributed by atoms with E-state index in [0.717, 1.165) is 27.3 Å². The van der Waals surface area contributed by atoms with Gasteiger partial charge >= 0.3 is 0 Å². The Balaban J connectivity index is 1.92. The van der Waals surface area contributed by atoms with Crippen molar-refractivity contribution < 1.29 is 4.74 Å². The van der Waals surface area contributed by atoms with Gasteiger partial charge in [-0.1, -0.05) is 28.1 Å². The van der Waals surface area contributed by atoms with Gasteiger partial charge in [0.05, 0.1) is 19.0 Å². The molecule has 0 saturated heterocycles. The monoisotopic (exact) mass is 354 g/mol. The molecule has 3 aromatic rings. The third kappa shape index (κ3) is 3.12.